The van der Waals surface area contributed by atoms with Crippen LogP contribution in [-0.2, 0) is 9.22 Å². The third kappa shape index (κ3) is 8.98. The Morgan fingerprint density at radius 2 is 1.37 bits per heavy atom. The average Bonchev–Trinajstić information content (AvgIpc) is 2.90. The lowest BCUT2D eigenvalue weighted by molar-refractivity contribution is -0.385. The Morgan fingerprint density at radius 1 is 0.884 bits per heavy atom. The van der Waals surface area contributed by atoms with Gasteiger partial charge in [0.25, 0.3) is 11.4 Å². The van der Waals surface area contributed by atoms with Gasteiger partial charge < -0.3 is 4.43 Å². The molecule has 0 N–H and O–H groups in total. The molecule has 2 aromatic carbocycles. The van der Waals surface area contributed by atoms with Crippen molar-refractivity contribution in [3.63, 3.8) is 0 Å². The van der Waals surface area contributed by atoms with E-state index >= 15 is 0 Å². The fraction of sp³-hybridized carbons (Fsp3) is 0.516. The van der Waals surface area contributed by atoms with Crippen molar-refractivity contribution < 1.29 is 32.2 Å². The van der Waals surface area contributed by atoms with Gasteiger partial charge in [-0.05, 0) is 85.0 Å². The number of halogens is 3. The van der Waals surface area contributed by atoms with Gasteiger partial charge in [-0.2, -0.15) is 0 Å². The van der Waals surface area contributed by atoms with Gasteiger partial charge in [0.1, 0.15) is 11.6 Å². The first-order chi connectivity index (χ1) is 19.5. The zero-order chi connectivity index (χ0) is 31.4. The van der Waals surface area contributed by atoms with E-state index in [0.29, 0.717) is 18.4 Å². The molecule has 2 aliphatic rings. The summed E-state index contributed by atoms with van der Waals surface area (Å²) in [6, 6.07) is 7.28. The highest BCUT2D eigenvalue weighted by molar-refractivity contribution is 6.74. The number of ketones is 1. The van der Waals surface area contributed by atoms with E-state index in [2.05, 4.69) is 39.9 Å². The molecule has 236 valence electrons. The predicted molar refractivity (Wildman–Crippen MR) is 162 cm³/mol. The summed E-state index contributed by atoms with van der Waals surface area (Å²) in [5, 5.41) is 21.3. The lowest BCUT2D eigenvalue weighted by Gasteiger charge is -2.38. The Bertz CT molecular complexity index is 1380. The Balaban J connectivity index is 0.000000304. The minimum Gasteiger partial charge on any atom is -0.547 e. The van der Waals surface area contributed by atoms with E-state index in [0.717, 1.165) is 30.7 Å². The second-order valence-corrected chi connectivity index (χ2v) is 17.1. The number of nitro groups is 2. The van der Waals surface area contributed by atoms with E-state index in [1.54, 1.807) is 6.07 Å². The second kappa shape index (κ2) is 14.3. The second-order valence-electron chi connectivity index (χ2n) is 12.3. The number of allylic oxidation sites excluding steroid dienone is 2. The fourth-order valence-electron chi connectivity index (χ4n) is 4.84. The van der Waals surface area contributed by atoms with Gasteiger partial charge >= 0.3 is 0 Å². The molecule has 0 aromatic heterocycles. The third-order valence-corrected chi connectivity index (χ3v) is 12.8. The molecule has 3 atom stereocenters. The molecule has 0 spiro atoms. The molecular weight excluding hydrogens is 581 g/mol. The van der Waals surface area contributed by atoms with Crippen LogP contribution in [0, 0.1) is 31.9 Å². The van der Waals surface area contributed by atoms with Gasteiger partial charge in [-0.1, -0.05) is 28.2 Å². The van der Waals surface area contributed by atoms with Gasteiger partial charge in [0.15, 0.2) is 12.0 Å². The fourth-order valence-corrected chi connectivity index (χ4v) is 5.99. The molecular formula is C31H41F3N2O6Si. The van der Waals surface area contributed by atoms with Crippen LogP contribution < -0.4 is 0 Å². The molecule has 4 rings (SSSR count). The predicted octanol–water partition coefficient (Wildman–Crippen LogP) is 9.45. The zero-order valence-corrected chi connectivity index (χ0v) is 25.5. The monoisotopic (exact) mass is 622 g/mol. The van der Waals surface area contributed by atoms with Crippen molar-refractivity contribution in [3.8, 4) is 0 Å². The van der Waals surface area contributed by atoms with Crippen LogP contribution in [0.25, 0.3) is 0 Å². The Labute approximate surface area is 251 Å². The minimum absolute atomic E-state index is 0. The Kier molecular flexibility index (Phi) is 11.8. The number of hydrogen-bond acceptors (Lipinski definition) is 6. The normalized spacial score (nSPS) is 20.6. The molecule has 2 aromatic rings. The number of hydrogen-bond donors (Lipinski definition) is 0. The van der Waals surface area contributed by atoms with Crippen LogP contribution in [0.3, 0.4) is 0 Å². The topological polar surface area (TPSA) is 113 Å². The lowest BCUT2D eigenvalue weighted by Crippen LogP contribution is -2.40. The van der Waals surface area contributed by atoms with Crippen molar-refractivity contribution in [2.24, 2.45) is 0 Å². The highest BCUT2D eigenvalue weighted by Gasteiger charge is 2.39. The summed E-state index contributed by atoms with van der Waals surface area (Å²) in [4.78, 5) is 31.0. The Hall–Kier alpha value is -3.54. The van der Waals surface area contributed by atoms with Crippen LogP contribution in [-0.4, -0.2) is 30.1 Å². The summed E-state index contributed by atoms with van der Waals surface area (Å²) in [6.45, 7) is 11.1. The van der Waals surface area contributed by atoms with Crippen molar-refractivity contribution in [2.75, 3.05) is 0 Å². The maximum absolute atomic E-state index is 14.2. The summed E-state index contributed by atoms with van der Waals surface area (Å²) in [5.41, 5.74) is 0.267. The quantitative estimate of drug-likeness (QED) is 0.180. The highest BCUT2D eigenvalue weighted by Crippen LogP contribution is 2.41. The Morgan fingerprint density at radius 3 is 1.77 bits per heavy atom. The minimum atomic E-state index is -1.84. The van der Waals surface area contributed by atoms with Crippen LogP contribution >= 0.6 is 0 Å². The zero-order valence-electron chi connectivity index (χ0n) is 24.5. The van der Waals surface area contributed by atoms with E-state index < -0.39 is 47.7 Å². The highest BCUT2D eigenvalue weighted by atomic mass is 28.4. The SMILES string of the molecule is C.CC(C)(C)[Si](C)(C)OC1=CCC(c2ccc([N+](=O)[O-])cc2F)CC1.O=C1CCC(c2ccc([N+](=O)[O-])cc2F)CC1F. The number of nitro benzene ring substituents is 2. The molecule has 8 nitrogen and oxygen atoms in total. The summed E-state index contributed by atoms with van der Waals surface area (Å²) in [6.07, 6.45) is 3.22. The lowest BCUT2D eigenvalue weighted by atomic mass is 9.82. The third-order valence-electron chi connectivity index (χ3n) is 8.41. The number of carbonyl (C=O) groups excluding carboxylic acids is 1. The number of nitrogens with zero attached hydrogens (tertiary/aromatic N) is 2. The van der Waals surface area contributed by atoms with Crippen molar-refractivity contribution >= 4 is 25.5 Å². The number of non-ortho nitro benzene ring substituents is 2. The maximum Gasteiger partial charge on any atom is 0.272 e. The molecule has 12 heteroatoms. The van der Waals surface area contributed by atoms with Gasteiger partial charge in [0, 0.05) is 25.0 Å². The molecule has 0 saturated heterocycles. The number of benzene rings is 2. The first kappa shape index (κ1) is 35.7. The molecule has 1 fully saturated rings. The van der Waals surface area contributed by atoms with E-state index in [1.165, 1.54) is 18.2 Å². The molecule has 43 heavy (non-hydrogen) atoms. The molecule has 0 aliphatic heterocycles. The van der Waals surface area contributed by atoms with E-state index in [1.807, 2.05) is 0 Å². The number of alkyl halides is 1. The largest absolute Gasteiger partial charge is 0.547 e. The van der Waals surface area contributed by atoms with Crippen LogP contribution in [0.4, 0.5) is 24.5 Å². The maximum atomic E-state index is 14.2. The van der Waals surface area contributed by atoms with Gasteiger partial charge in [-0.15, -0.1) is 0 Å². The number of Topliss-reactive ketones (excluding diaryl/α,β-unsaturated/α-hetero) is 1. The standard InChI is InChI=1S/C18H26FNO3Si.C12H11F2NO3.CH4/c1-18(2,3)24(4,5)23-15-9-6-13(7-10-15)16-11-8-14(20(21)22)12-17(16)19;13-10-6-8(15(17)18)2-3-9(10)7-1-4-12(16)11(14)5-7;/h8-9,11-13H,6-7,10H2,1-5H3;2-3,6-7,11H,1,4-5H2;1H4. The van der Waals surface area contributed by atoms with Crippen molar-refractivity contribution in [2.45, 2.75) is 103 Å². The van der Waals surface area contributed by atoms with Gasteiger partial charge in [-0.3, -0.25) is 25.0 Å². The molecule has 0 heterocycles. The van der Waals surface area contributed by atoms with E-state index in [9.17, 15) is 38.2 Å². The molecule has 1 saturated carbocycles. The van der Waals surface area contributed by atoms with Crippen LogP contribution in [0.1, 0.15) is 89.7 Å². The summed E-state index contributed by atoms with van der Waals surface area (Å²) >= 11 is 0. The summed E-state index contributed by atoms with van der Waals surface area (Å²) in [5.74, 6) is -0.975. The van der Waals surface area contributed by atoms with Crippen LogP contribution in [0.5, 0.6) is 0 Å². The van der Waals surface area contributed by atoms with Crippen LogP contribution in [0.2, 0.25) is 18.1 Å². The summed E-state index contributed by atoms with van der Waals surface area (Å²) < 4.78 is 47.5. The molecule has 2 aliphatic carbocycles. The summed E-state index contributed by atoms with van der Waals surface area (Å²) in [7, 11) is -1.84. The smallest absolute Gasteiger partial charge is 0.272 e. The van der Waals surface area contributed by atoms with Gasteiger partial charge in [0.05, 0.1) is 27.7 Å². The molecule has 3 unspecified atom stereocenters. The first-order valence-corrected chi connectivity index (χ1v) is 16.8. The van der Waals surface area contributed by atoms with Crippen molar-refractivity contribution in [1.82, 2.24) is 0 Å². The van der Waals surface area contributed by atoms with Crippen molar-refractivity contribution in [3.05, 3.63) is 91.2 Å². The van der Waals surface area contributed by atoms with Crippen LogP contribution in [0.15, 0.2) is 48.2 Å². The molecule has 0 radical (unpaired) electrons. The van der Waals surface area contributed by atoms with Gasteiger partial charge in [0.2, 0.25) is 8.32 Å². The molecule has 0 bridgehead atoms. The van der Waals surface area contributed by atoms with Gasteiger partial charge in [-0.25, -0.2) is 13.2 Å². The van der Waals surface area contributed by atoms with E-state index in [4.69, 9.17) is 4.43 Å². The number of carbonyl (C=O) groups is 1. The molecule has 0 amide bonds. The van der Waals surface area contributed by atoms with E-state index in [-0.39, 0.29) is 48.2 Å². The average molecular weight is 623 g/mol. The first-order valence-electron chi connectivity index (χ1n) is 13.9. The van der Waals surface area contributed by atoms with Crippen molar-refractivity contribution in [1.29, 1.82) is 0 Å². The number of rotatable bonds is 6.